The summed E-state index contributed by atoms with van der Waals surface area (Å²) >= 11 is 3.51. The first-order valence-electron chi connectivity index (χ1n) is 7.53. The number of benzene rings is 1. The number of nitrogens with two attached hydrogens (primary N) is 1. The monoisotopic (exact) mass is 339 g/mol. The summed E-state index contributed by atoms with van der Waals surface area (Å²) < 4.78 is 13.2. The number of halogens is 1. The summed E-state index contributed by atoms with van der Waals surface area (Å²) in [6.45, 7) is 0.810. The van der Waals surface area contributed by atoms with E-state index in [-0.39, 0.29) is 11.7 Å². The molecule has 2 aliphatic rings. The summed E-state index contributed by atoms with van der Waals surface area (Å²) in [6, 6.07) is 5.79. The SMILES string of the molecule is Nc1cccc(OC2CCOC3(CCCCC3)C2)c1Br. The normalized spacial score (nSPS) is 25.6. The second-order valence-electron chi connectivity index (χ2n) is 5.98. The highest BCUT2D eigenvalue weighted by molar-refractivity contribution is 9.10. The Balaban J connectivity index is 1.69. The molecule has 4 heteroatoms. The number of rotatable bonds is 2. The lowest BCUT2D eigenvalue weighted by atomic mass is 9.79. The Bertz CT molecular complexity index is 466. The number of anilines is 1. The van der Waals surface area contributed by atoms with Gasteiger partial charge in [-0.25, -0.2) is 0 Å². The highest BCUT2D eigenvalue weighted by atomic mass is 79.9. The van der Waals surface area contributed by atoms with Crippen LogP contribution in [0.25, 0.3) is 0 Å². The molecule has 1 heterocycles. The van der Waals surface area contributed by atoms with Crippen molar-refractivity contribution in [1.29, 1.82) is 0 Å². The van der Waals surface area contributed by atoms with Crippen molar-refractivity contribution in [2.45, 2.75) is 56.7 Å². The van der Waals surface area contributed by atoms with Crippen LogP contribution in [0.3, 0.4) is 0 Å². The molecular weight excluding hydrogens is 318 g/mol. The van der Waals surface area contributed by atoms with Gasteiger partial charge >= 0.3 is 0 Å². The summed E-state index contributed by atoms with van der Waals surface area (Å²) in [6.07, 6.45) is 8.49. The van der Waals surface area contributed by atoms with Crippen LogP contribution in [0, 0.1) is 0 Å². The van der Waals surface area contributed by atoms with Gasteiger partial charge in [-0.3, -0.25) is 0 Å². The average Bonchev–Trinajstić information content (AvgIpc) is 2.45. The fourth-order valence-corrected chi connectivity index (χ4v) is 3.78. The maximum absolute atomic E-state index is 6.19. The summed E-state index contributed by atoms with van der Waals surface area (Å²) in [4.78, 5) is 0. The third-order valence-corrected chi connectivity index (χ3v) is 5.35. The minimum Gasteiger partial charge on any atom is -0.489 e. The van der Waals surface area contributed by atoms with Crippen LogP contribution in [-0.2, 0) is 4.74 Å². The second-order valence-corrected chi connectivity index (χ2v) is 6.78. The smallest absolute Gasteiger partial charge is 0.135 e. The quantitative estimate of drug-likeness (QED) is 0.817. The molecule has 110 valence electrons. The average molecular weight is 340 g/mol. The van der Waals surface area contributed by atoms with Crippen LogP contribution in [-0.4, -0.2) is 18.3 Å². The van der Waals surface area contributed by atoms with Gasteiger partial charge in [0.1, 0.15) is 11.9 Å². The Labute approximate surface area is 129 Å². The lowest BCUT2D eigenvalue weighted by Gasteiger charge is -2.43. The van der Waals surface area contributed by atoms with Gasteiger partial charge in [0.25, 0.3) is 0 Å². The van der Waals surface area contributed by atoms with E-state index in [2.05, 4.69) is 15.9 Å². The number of nitrogen functional groups attached to an aromatic ring is 1. The Morgan fingerprint density at radius 3 is 2.85 bits per heavy atom. The lowest BCUT2D eigenvalue weighted by molar-refractivity contribution is -0.129. The maximum Gasteiger partial charge on any atom is 0.135 e. The van der Waals surface area contributed by atoms with Crippen molar-refractivity contribution in [3.8, 4) is 5.75 Å². The van der Waals surface area contributed by atoms with E-state index in [0.717, 1.165) is 35.4 Å². The van der Waals surface area contributed by atoms with Crippen LogP contribution in [0.2, 0.25) is 0 Å². The molecule has 3 nitrogen and oxygen atoms in total. The number of hydrogen-bond acceptors (Lipinski definition) is 3. The molecule has 1 atom stereocenters. The zero-order valence-corrected chi connectivity index (χ0v) is 13.3. The molecule has 1 aromatic rings. The molecule has 0 amide bonds. The van der Waals surface area contributed by atoms with Crippen LogP contribution < -0.4 is 10.5 Å². The number of hydrogen-bond donors (Lipinski definition) is 1. The molecular formula is C16H22BrNO2. The second kappa shape index (κ2) is 5.94. The Morgan fingerprint density at radius 1 is 1.25 bits per heavy atom. The van der Waals surface area contributed by atoms with Crippen molar-refractivity contribution >= 4 is 21.6 Å². The lowest BCUT2D eigenvalue weighted by Crippen LogP contribution is -2.45. The van der Waals surface area contributed by atoms with Gasteiger partial charge in [0.05, 0.1) is 16.7 Å². The molecule has 2 N–H and O–H groups in total. The van der Waals surface area contributed by atoms with Gasteiger partial charge in [0.15, 0.2) is 0 Å². The molecule has 1 saturated carbocycles. The minimum atomic E-state index is 0.0773. The van der Waals surface area contributed by atoms with Crippen molar-refractivity contribution in [1.82, 2.24) is 0 Å². The fourth-order valence-electron chi connectivity index (χ4n) is 3.43. The van der Waals surface area contributed by atoms with Gasteiger partial charge in [-0.15, -0.1) is 0 Å². The minimum absolute atomic E-state index is 0.0773. The van der Waals surface area contributed by atoms with E-state index in [1.807, 2.05) is 18.2 Å². The molecule has 3 rings (SSSR count). The third kappa shape index (κ3) is 2.96. The van der Waals surface area contributed by atoms with Crippen LogP contribution in [0.4, 0.5) is 5.69 Å². The summed E-state index contributed by atoms with van der Waals surface area (Å²) in [7, 11) is 0. The van der Waals surface area contributed by atoms with Crippen molar-refractivity contribution < 1.29 is 9.47 Å². The summed E-state index contributed by atoms with van der Waals surface area (Å²) in [5.41, 5.74) is 6.71. The highest BCUT2D eigenvalue weighted by Gasteiger charge is 2.39. The molecule has 0 bridgehead atoms. The van der Waals surface area contributed by atoms with Crippen LogP contribution in [0.1, 0.15) is 44.9 Å². The first kappa shape index (κ1) is 14.2. The highest BCUT2D eigenvalue weighted by Crippen LogP contribution is 2.40. The van der Waals surface area contributed by atoms with Gasteiger partial charge in [0, 0.05) is 18.5 Å². The molecule has 0 aromatic heterocycles. The molecule has 1 saturated heterocycles. The van der Waals surface area contributed by atoms with Crippen LogP contribution >= 0.6 is 15.9 Å². The predicted octanol–water partition coefficient (Wildman–Crippen LogP) is 4.29. The molecule has 1 aliphatic carbocycles. The topological polar surface area (TPSA) is 44.5 Å². The fraction of sp³-hybridized carbons (Fsp3) is 0.625. The maximum atomic E-state index is 6.19. The predicted molar refractivity (Wildman–Crippen MR) is 84.0 cm³/mol. The van der Waals surface area contributed by atoms with E-state index in [9.17, 15) is 0 Å². The van der Waals surface area contributed by atoms with E-state index < -0.39 is 0 Å². The van der Waals surface area contributed by atoms with Crippen molar-refractivity contribution in [2.75, 3.05) is 12.3 Å². The zero-order valence-electron chi connectivity index (χ0n) is 11.7. The van der Waals surface area contributed by atoms with Gasteiger partial charge < -0.3 is 15.2 Å². The van der Waals surface area contributed by atoms with E-state index in [0.29, 0.717) is 0 Å². The Kier molecular flexibility index (Phi) is 4.22. The van der Waals surface area contributed by atoms with Crippen molar-refractivity contribution in [3.05, 3.63) is 22.7 Å². The zero-order chi connectivity index (χ0) is 14.0. The molecule has 1 aliphatic heterocycles. The van der Waals surface area contributed by atoms with Crippen LogP contribution in [0.15, 0.2) is 22.7 Å². The van der Waals surface area contributed by atoms with E-state index in [1.54, 1.807) is 0 Å². The van der Waals surface area contributed by atoms with Crippen LogP contribution in [0.5, 0.6) is 5.75 Å². The largest absolute Gasteiger partial charge is 0.489 e. The molecule has 2 fully saturated rings. The molecule has 20 heavy (non-hydrogen) atoms. The van der Waals surface area contributed by atoms with Gasteiger partial charge in [-0.05, 0) is 40.9 Å². The van der Waals surface area contributed by atoms with Gasteiger partial charge in [-0.1, -0.05) is 25.3 Å². The molecule has 1 unspecified atom stereocenters. The van der Waals surface area contributed by atoms with Crippen molar-refractivity contribution in [3.63, 3.8) is 0 Å². The molecule has 1 aromatic carbocycles. The molecule has 1 spiro atoms. The summed E-state index contributed by atoms with van der Waals surface area (Å²) in [5.74, 6) is 0.850. The van der Waals surface area contributed by atoms with E-state index in [1.165, 1.54) is 32.1 Å². The molecule has 0 radical (unpaired) electrons. The Hall–Kier alpha value is -0.740. The van der Waals surface area contributed by atoms with Gasteiger partial charge in [-0.2, -0.15) is 0 Å². The van der Waals surface area contributed by atoms with E-state index in [4.69, 9.17) is 15.2 Å². The Morgan fingerprint density at radius 2 is 2.05 bits per heavy atom. The number of ether oxygens (including phenoxy) is 2. The van der Waals surface area contributed by atoms with Crippen molar-refractivity contribution in [2.24, 2.45) is 0 Å². The van der Waals surface area contributed by atoms with Gasteiger partial charge in [0.2, 0.25) is 0 Å². The third-order valence-electron chi connectivity index (χ3n) is 4.50. The standard InChI is InChI=1S/C16H22BrNO2/c17-15-13(18)5-4-6-14(15)20-12-7-10-19-16(11-12)8-2-1-3-9-16/h4-6,12H,1-3,7-11,18H2. The summed E-state index contributed by atoms with van der Waals surface area (Å²) in [5, 5.41) is 0. The first-order chi connectivity index (χ1) is 9.69. The first-order valence-corrected chi connectivity index (χ1v) is 8.32. The van der Waals surface area contributed by atoms with E-state index >= 15 is 0 Å².